The van der Waals surface area contributed by atoms with Crippen molar-refractivity contribution in [2.24, 2.45) is 0 Å². The van der Waals surface area contributed by atoms with Gasteiger partial charge in [-0.05, 0) is 6.07 Å². The molecule has 0 saturated heterocycles. The second-order valence-corrected chi connectivity index (χ2v) is 5.74. The van der Waals surface area contributed by atoms with E-state index >= 15 is 0 Å². The number of methoxy groups -OCH3 is 1. The number of nitrogens with zero attached hydrogens (tertiary/aromatic N) is 2. The number of nitro groups is 1. The van der Waals surface area contributed by atoms with Crippen LogP contribution in [0.15, 0.2) is 48.5 Å². The van der Waals surface area contributed by atoms with Crippen LogP contribution >= 0.6 is 0 Å². The third-order valence-corrected chi connectivity index (χ3v) is 3.81. The van der Waals surface area contributed by atoms with E-state index < -0.39 is 30.1 Å². The molecule has 9 heteroatoms. The molecule has 0 bridgehead atoms. The lowest BCUT2D eigenvalue weighted by Gasteiger charge is -2.24. The molecule has 2 aromatic rings. The molecule has 2 rings (SSSR count). The highest BCUT2D eigenvalue weighted by Crippen LogP contribution is 2.25. The van der Waals surface area contributed by atoms with Crippen LogP contribution in [0.2, 0.25) is 0 Å². The van der Waals surface area contributed by atoms with Gasteiger partial charge >= 0.3 is 6.18 Å². The predicted octanol–water partition coefficient (Wildman–Crippen LogP) is 3.74. The molecule has 0 radical (unpaired) electrons. The zero-order valence-corrected chi connectivity index (χ0v) is 14.4. The Bertz CT molecular complexity index is 824. The van der Waals surface area contributed by atoms with Gasteiger partial charge in [-0.25, -0.2) is 0 Å². The normalized spacial score (nSPS) is 11.1. The molecule has 2 aromatic carbocycles. The summed E-state index contributed by atoms with van der Waals surface area (Å²) in [6.45, 7) is -2.03. The second-order valence-electron chi connectivity index (χ2n) is 5.74. The molecule has 0 heterocycles. The summed E-state index contributed by atoms with van der Waals surface area (Å²) in [6, 6.07) is 11.9. The molecule has 27 heavy (non-hydrogen) atoms. The Balaban J connectivity index is 2.29. The Morgan fingerprint density at radius 3 is 2.30 bits per heavy atom. The molecule has 0 unspecified atom stereocenters. The molecular formula is C18H17F3N2O4. The number of para-hydroxylation sites is 2. The van der Waals surface area contributed by atoms with E-state index in [1.54, 1.807) is 24.3 Å². The summed E-state index contributed by atoms with van der Waals surface area (Å²) >= 11 is 0. The molecule has 0 fully saturated rings. The first-order chi connectivity index (χ1) is 12.7. The summed E-state index contributed by atoms with van der Waals surface area (Å²) in [6.07, 6.45) is -4.96. The minimum Gasteiger partial charge on any atom is -0.496 e. The molecule has 6 nitrogen and oxygen atoms in total. The summed E-state index contributed by atoms with van der Waals surface area (Å²) in [5.41, 5.74) is 0.120. The van der Waals surface area contributed by atoms with Crippen molar-refractivity contribution >= 4 is 11.6 Å². The van der Waals surface area contributed by atoms with Crippen molar-refractivity contribution < 1.29 is 27.6 Å². The Morgan fingerprint density at radius 1 is 1.11 bits per heavy atom. The number of ether oxygens (including phenoxy) is 1. The number of hydrogen-bond acceptors (Lipinski definition) is 4. The van der Waals surface area contributed by atoms with Gasteiger partial charge in [-0.3, -0.25) is 14.9 Å². The zero-order valence-electron chi connectivity index (χ0n) is 14.4. The van der Waals surface area contributed by atoms with Crippen molar-refractivity contribution in [3.8, 4) is 5.75 Å². The molecular weight excluding hydrogens is 365 g/mol. The van der Waals surface area contributed by atoms with Gasteiger partial charge in [-0.15, -0.1) is 0 Å². The van der Waals surface area contributed by atoms with Crippen molar-refractivity contribution in [3.63, 3.8) is 0 Å². The molecule has 144 valence electrons. The second kappa shape index (κ2) is 8.52. The fourth-order valence-electron chi connectivity index (χ4n) is 2.60. The number of amides is 1. The summed E-state index contributed by atoms with van der Waals surface area (Å²) in [5.74, 6) is -0.432. The number of halogens is 3. The monoisotopic (exact) mass is 382 g/mol. The number of hydrogen-bond donors (Lipinski definition) is 0. The summed E-state index contributed by atoms with van der Waals surface area (Å²) in [4.78, 5) is 23.5. The Morgan fingerprint density at radius 2 is 1.70 bits per heavy atom. The van der Waals surface area contributed by atoms with Crippen LogP contribution in [-0.2, 0) is 17.8 Å². The van der Waals surface area contributed by atoms with E-state index in [9.17, 15) is 28.1 Å². The van der Waals surface area contributed by atoms with Gasteiger partial charge < -0.3 is 9.64 Å². The van der Waals surface area contributed by atoms with Gasteiger partial charge in [-0.1, -0.05) is 36.4 Å². The largest absolute Gasteiger partial charge is 0.496 e. The van der Waals surface area contributed by atoms with E-state index in [0.717, 1.165) is 0 Å². The van der Waals surface area contributed by atoms with Crippen LogP contribution in [-0.4, -0.2) is 35.6 Å². The van der Waals surface area contributed by atoms with E-state index in [4.69, 9.17) is 4.74 Å². The van der Waals surface area contributed by atoms with E-state index in [-0.39, 0.29) is 17.7 Å². The van der Waals surface area contributed by atoms with E-state index in [1.165, 1.54) is 31.4 Å². The summed E-state index contributed by atoms with van der Waals surface area (Å²) in [5, 5.41) is 11.1. The molecule has 0 atom stereocenters. The topological polar surface area (TPSA) is 72.7 Å². The quantitative estimate of drug-likeness (QED) is 0.540. The SMILES string of the molecule is COc1ccccc1CC(=O)N(Cc1ccccc1[N+](=O)[O-])CC(F)(F)F. The first-order valence-corrected chi connectivity index (χ1v) is 7.90. The fourth-order valence-corrected chi connectivity index (χ4v) is 2.60. The minimum atomic E-state index is -4.64. The van der Waals surface area contributed by atoms with E-state index in [0.29, 0.717) is 16.2 Å². The van der Waals surface area contributed by atoms with Crippen molar-refractivity contribution in [3.05, 3.63) is 69.8 Å². The summed E-state index contributed by atoms with van der Waals surface area (Å²) in [7, 11) is 1.39. The number of carbonyl (C=O) groups excluding carboxylic acids is 1. The zero-order chi connectivity index (χ0) is 20.0. The van der Waals surface area contributed by atoms with Gasteiger partial charge in [0, 0.05) is 17.2 Å². The number of rotatable bonds is 7. The maximum Gasteiger partial charge on any atom is 0.406 e. The smallest absolute Gasteiger partial charge is 0.406 e. The average molecular weight is 382 g/mol. The maximum atomic E-state index is 13.0. The first kappa shape index (κ1) is 20.2. The third-order valence-electron chi connectivity index (χ3n) is 3.81. The van der Waals surface area contributed by atoms with Crippen molar-refractivity contribution in [2.75, 3.05) is 13.7 Å². The van der Waals surface area contributed by atoms with Crippen LogP contribution in [0.3, 0.4) is 0 Å². The number of benzene rings is 2. The number of alkyl halides is 3. The fraction of sp³-hybridized carbons (Fsp3) is 0.278. The molecule has 0 aliphatic heterocycles. The Kier molecular flexibility index (Phi) is 6.38. The van der Waals surface area contributed by atoms with Gasteiger partial charge in [0.2, 0.25) is 5.91 Å². The number of nitro benzene ring substituents is 1. The molecule has 0 aromatic heterocycles. The lowest BCUT2D eigenvalue weighted by Crippen LogP contribution is -2.39. The van der Waals surface area contributed by atoms with Gasteiger partial charge in [-0.2, -0.15) is 13.2 Å². The first-order valence-electron chi connectivity index (χ1n) is 7.90. The van der Waals surface area contributed by atoms with E-state index in [1.807, 2.05) is 0 Å². The van der Waals surface area contributed by atoms with Crippen LogP contribution in [0.1, 0.15) is 11.1 Å². The van der Waals surface area contributed by atoms with Crippen LogP contribution in [0, 0.1) is 10.1 Å². The Hall–Kier alpha value is -3.10. The molecule has 0 N–H and O–H groups in total. The van der Waals surface area contributed by atoms with Gasteiger partial charge in [0.05, 0.1) is 25.0 Å². The van der Waals surface area contributed by atoms with Crippen LogP contribution < -0.4 is 4.74 Å². The minimum absolute atomic E-state index is 0.0279. The molecule has 0 aliphatic carbocycles. The van der Waals surface area contributed by atoms with Crippen molar-refractivity contribution in [2.45, 2.75) is 19.1 Å². The third kappa shape index (κ3) is 5.70. The highest BCUT2D eigenvalue weighted by atomic mass is 19.4. The van der Waals surface area contributed by atoms with Gasteiger partial charge in [0.15, 0.2) is 0 Å². The molecule has 1 amide bonds. The average Bonchev–Trinajstić information content (AvgIpc) is 2.60. The van der Waals surface area contributed by atoms with Crippen LogP contribution in [0.4, 0.5) is 18.9 Å². The van der Waals surface area contributed by atoms with Gasteiger partial charge in [0.25, 0.3) is 5.69 Å². The lowest BCUT2D eigenvalue weighted by atomic mass is 10.1. The van der Waals surface area contributed by atoms with Crippen LogP contribution in [0.5, 0.6) is 5.75 Å². The predicted molar refractivity (Wildman–Crippen MR) is 91.3 cm³/mol. The highest BCUT2D eigenvalue weighted by molar-refractivity contribution is 5.79. The molecule has 0 aliphatic rings. The molecule has 0 spiro atoms. The van der Waals surface area contributed by atoms with Crippen molar-refractivity contribution in [1.82, 2.24) is 4.90 Å². The maximum absolute atomic E-state index is 13.0. The highest BCUT2D eigenvalue weighted by Gasteiger charge is 2.34. The van der Waals surface area contributed by atoms with Crippen molar-refractivity contribution in [1.29, 1.82) is 0 Å². The van der Waals surface area contributed by atoms with Crippen LogP contribution in [0.25, 0.3) is 0 Å². The Labute approximate surface area is 153 Å². The van der Waals surface area contributed by atoms with Gasteiger partial charge in [0.1, 0.15) is 12.3 Å². The summed E-state index contributed by atoms with van der Waals surface area (Å²) < 4.78 is 44.0. The standard InChI is InChI=1S/C18H17F3N2O4/c1-27-16-9-5-3-6-13(16)10-17(24)22(12-18(19,20)21)11-14-7-2-4-8-15(14)23(25)26/h2-9H,10-12H2,1H3. The van der Waals surface area contributed by atoms with E-state index in [2.05, 4.69) is 0 Å². The molecule has 0 saturated carbocycles. The lowest BCUT2D eigenvalue weighted by molar-refractivity contribution is -0.385. The number of carbonyl (C=O) groups is 1.